The smallest absolute Gasteiger partial charge is 0.270 e. The molecule has 0 bridgehead atoms. The lowest BCUT2D eigenvalue weighted by Crippen LogP contribution is -2.27. The molecule has 4 nitrogen and oxygen atoms in total. The summed E-state index contributed by atoms with van der Waals surface area (Å²) >= 11 is 0. The number of carbonyl (C=O) groups excluding carboxylic acids is 1. The summed E-state index contributed by atoms with van der Waals surface area (Å²) in [5.74, 6) is 0.468. The second kappa shape index (κ2) is 5.22. The molecule has 2 heterocycles. The van der Waals surface area contributed by atoms with Gasteiger partial charge < -0.3 is 9.73 Å². The van der Waals surface area contributed by atoms with Gasteiger partial charge in [0, 0.05) is 5.56 Å². The molecule has 0 aromatic carbocycles. The molecule has 100 valence electrons. The van der Waals surface area contributed by atoms with E-state index in [1.54, 1.807) is 0 Å². The highest BCUT2D eigenvalue weighted by Gasteiger charge is 2.16. The monoisotopic (exact) mass is 262 g/mol. The van der Waals surface area contributed by atoms with Crippen LogP contribution >= 0.6 is 0 Å². The minimum absolute atomic E-state index is 0.0599. The maximum Gasteiger partial charge on any atom is 0.270 e. The van der Waals surface area contributed by atoms with Crippen molar-refractivity contribution in [1.29, 1.82) is 0 Å². The predicted octanol–water partition coefficient (Wildman–Crippen LogP) is 2.92. The van der Waals surface area contributed by atoms with Crippen molar-refractivity contribution < 1.29 is 13.6 Å². The van der Waals surface area contributed by atoms with Crippen LogP contribution in [-0.4, -0.2) is 10.9 Å². The van der Waals surface area contributed by atoms with Gasteiger partial charge in [0.2, 0.25) is 5.95 Å². The number of hydrogen-bond acceptors (Lipinski definition) is 3. The molecule has 0 aliphatic rings. The maximum atomic E-state index is 12.9. The fourth-order valence-corrected chi connectivity index (χ4v) is 1.96. The van der Waals surface area contributed by atoms with Gasteiger partial charge in [-0.05, 0) is 39.0 Å². The maximum absolute atomic E-state index is 12.9. The van der Waals surface area contributed by atoms with Gasteiger partial charge in [-0.25, -0.2) is 4.98 Å². The average molecular weight is 262 g/mol. The molecule has 0 saturated heterocycles. The van der Waals surface area contributed by atoms with E-state index in [0.717, 1.165) is 17.1 Å². The molecule has 2 aromatic rings. The van der Waals surface area contributed by atoms with Crippen molar-refractivity contribution in [3.8, 4) is 0 Å². The Morgan fingerprint density at radius 2 is 2.16 bits per heavy atom. The van der Waals surface area contributed by atoms with Gasteiger partial charge in [0.25, 0.3) is 5.91 Å². The molecule has 5 heteroatoms. The summed E-state index contributed by atoms with van der Waals surface area (Å²) in [6, 6.07) is 5.77. The van der Waals surface area contributed by atoms with E-state index in [0.29, 0.717) is 0 Å². The van der Waals surface area contributed by atoms with Gasteiger partial charge in [-0.2, -0.15) is 4.39 Å². The molecule has 2 rings (SSSR count). The number of amides is 1. The van der Waals surface area contributed by atoms with Gasteiger partial charge in [-0.1, -0.05) is 6.07 Å². The first-order chi connectivity index (χ1) is 8.97. The fourth-order valence-electron chi connectivity index (χ4n) is 1.96. The molecule has 0 radical (unpaired) electrons. The van der Waals surface area contributed by atoms with E-state index in [4.69, 9.17) is 4.42 Å². The molecule has 1 atom stereocenters. The number of nitrogens with zero attached hydrogens (tertiary/aromatic N) is 1. The third kappa shape index (κ3) is 2.99. The van der Waals surface area contributed by atoms with Crippen molar-refractivity contribution in [3.05, 3.63) is 53.0 Å². The highest BCUT2D eigenvalue weighted by atomic mass is 19.1. The zero-order valence-electron chi connectivity index (χ0n) is 11.0. The Morgan fingerprint density at radius 1 is 1.42 bits per heavy atom. The summed E-state index contributed by atoms with van der Waals surface area (Å²) in [5, 5.41) is 2.77. The van der Waals surface area contributed by atoms with Crippen LogP contribution < -0.4 is 5.32 Å². The Labute approximate surface area is 110 Å². The molecule has 0 spiro atoms. The van der Waals surface area contributed by atoms with Crippen molar-refractivity contribution in [2.24, 2.45) is 0 Å². The van der Waals surface area contributed by atoms with Gasteiger partial charge in [0.05, 0.1) is 6.04 Å². The number of nitrogens with one attached hydrogen (secondary N) is 1. The Hall–Kier alpha value is -2.17. The SMILES string of the molecule is Cc1cc(C(C)NC(=O)c2cccc(F)n2)c(C)o1. The summed E-state index contributed by atoms with van der Waals surface area (Å²) in [6.07, 6.45) is 0. The van der Waals surface area contributed by atoms with Crippen LogP contribution in [0.2, 0.25) is 0 Å². The van der Waals surface area contributed by atoms with E-state index >= 15 is 0 Å². The summed E-state index contributed by atoms with van der Waals surface area (Å²) < 4.78 is 18.4. The third-order valence-corrected chi connectivity index (χ3v) is 2.84. The molecule has 0 saturated carbocycles. The largest absolute Gasteiger partial charge is 0.466 e. The van der Waals surface area contributed by atoms with E-state index < -0.39 is 11.9 Å². The van der Waals surface area contributed by atoms with Crippen LogP contribution in [0.1, 0.15) is 40.5 Å². The normalized spacial score (nSPS) is 12.2. The first kappa shape index (κ1) is 13.3. The lowest BCUT2D eigenvalue weighted by Gasteiger charge is -2.12. The highest BCUT2D eigenvalue weighted by molar-refractivity contribution is 5.92. The minimum Gasteiger partial charge on any atom is -0.466 e. The number of aromatic nitrogens is 1. The molecule has 2 aromatic heterocycles. The van der Waals surface area contributed by atoms with Crippen molar-refractivity contribution in [1.82, 2.24) is 10.3 Å². The van der Waals surface area contributed by atoms with E-state index in [1.807, 2.05) is 26.8 Å². The van der Waals surface area contributed by atoms with Crippen LogP contribution in [0.25, 0.3) is 0 Å². The molecule has 1 unspecified atom stereocenters. The Balaban J connectivity index is 2.13. The van der Waals surface area contributed by atoms with Crippen LogP contribution in [0.4, 0.5) is 4.39 Å². The average Bonchev–Trinajstić information content (AvgIpc) is 2.68. The van der Waals surface area contributed by atoms with Gasteiger partial charge in [0.15, 0.2) is 0 Å². The molecule has 0 fully saturated rings. The van der Waals surface area contributed by atoms with Gasteiger partial charge in [-0.3, -0.25) is 4.79 Å². The molecular formula is C14H15FN2O2. The minimum atomic E-state index is -0.671. The number of rotatable bonds is 3. The van der Waals surface area contributed by atoms with Crippen LogP contribution in [0.3, 0.4) is 0 Å². The van der Waals surface area contributed by atoms with Crippen molar-refractivity contribution in [2.75, 3.05) is 0 Å². The van der Waals surface area contributed by atoms with Gasteiger partial charge >= 0.3 is 0 Å². The lowest BCUT2D eigenvalue weighted by molar-refractivity contribution is 0.0933. The summed E-state index contributed by atoms with van der Waals surface area (Å²) in [4.78, 5) is 15.5. The summed E-state index contributed by atoms with van der Waals surface area (Å²) in [7, 11) is 0. The molecule has 0 aliphatic carbocycles. The standard InChI is InChI=1S/C14H15FN2O2/c1-8-7-11(10(3)19-8)9(2)16-14(18)12-5-4-6-13(15)17-12/h4-7,9H,1-3H3,(H,16,18). The van der Waals surface area contributed by atoms with Crippen LogP contribution in [0.5, 0.6) is 0 Å². The van der Waals surface area contributed by atoms with Crippen LogP contribution in [0, 0.1) is 19.8 Å². The predicted molar refractivity (Wildman–Crippen MR) is 68.3 cm³/mol. The van der Waals surface area contributed by atoms with Crippen molar-refractivity contribution in [3.63, 3.8) is 0 Å². The summed E-state index contributed by atoms with van der Waals surface area (Å²) in [6.45, 7) is 5.53. The van der Waals surface area contributed by atoms with Crippen LogP contribution in [0.15, 0.2) is 28.7 Å². The molecule has 0 aliphatic heterocycles. The van der Waals surface area contributed by atoms with E-state index in [2.05, 4.69) is 10.3 Å². The first-order valence-electron chi connectivity index (χ1n) is 5.97. The quantitative estimate of drug-likeness (QED) is 0.865. The third-order valence-electron chi connectivity index (χ3n) is 2.84. The Kier molecular flexibility index (Phi) is 3.64. The number of carbonyl (C=O) groups is 1. The zero-order valence-corrected chi connectivity index (χ0v) is 11.0. The second-order valence-electron chi connectivity index (χ2n) is 4.41. The van der Waals surface area contributed by atoms with Gasteiger partial charge in [-0.15, -0.1) is 0 Å². The van der Waals surface area contributed by atoms with E-state index in [1.165, 1.54) is 18.2 Å². The fraction of sp³-hybridized carbons (Fsp3) is 0.286. The van der Waals surface area contributed by atoms with Crippen LogP contribution in [-0.2, 0) is 0 Å². The van der Waals surface area contributed by atoms with E-state index in [-0.39, 0.29) is 11.7 Å². The number of halogens is 1. The molecule has 1 amide bonds. The number of pyridine rings is 1. The second-order valence-corrected chi connectivity index (χ2v) is 4.41. The first-order valence-corrected chi connectivity index (χ1v) is 5.97. The Bertz CT molecular complexity index is 607. The van der Waals surface area contributed by atoms with Crippen molar-refractivity contribution in [2.45, 2.75) is 26.8 Å². The number of hydrogen-bond donors (Lipinski definition) is 1. The number of aryl methyl sites for hydroxylation is 2. The highest BCUT2D eigenvalue weighted by Crippen LogP contribution is 2.21. The van der Waals surface area contributed by atoms with E-state index in [9.17, 15) is 9.18 Å². The lowest BCUT2D eigenvalue weighted by atomic mass is 10.1. The molecule has 1 N–H and O–H groups in total. The summed E-state index contributed by atoms with van der Waals surface area (Å²) in [5.41, 5.74) is 0.965. The Morgan fingerprint density at radius 3 is 2.74 bits per heavy atom. The zero-order chi connectivity index (χ0) is 14.0. The topological polar surface area (TPSA) is 55.1 Å². The number of furan rings is 1. The van der Waals surface area contributed by atoms with Gasteiger partial charge in [0.1, 0.15) is 17.2 Å². The van der Waals surface area contributed by atoms with Crippen molar-refractivity contribution >= 4 is 5.91 Å². The molecule has 19 heavy (non-hydrogen) atoms. The molecular weight excluding hydrogens is 247 g/mol.